The highest BCUT2D eigenvalue weighted by Gasteiger charge is 2.34. The van der Waals surface area contributed by atoms with Crippen molar-refractivity contribution in [3.63, 3.8) is 0 Å². The van der Waals surface area contributed by atoms with Crippen LogP contribution in [0.3, 0.4) is 0 Å². The quantitative estimate of drug-likeness (QED) is 0.327. The number of thioether (sulfide) groups is 1. The van der Waals surface area contributed by atoms with Gasteiger partial charge in [-0.1, -0.05) is 29.4 Å². The number of thiocarbonyl (C=S) groups is 1. The second-order valence-electron chi connectivity index (χ2n) is 5.47. The van der Waals surface area contributed by atoms with Gasteiger partial charge in [-0.15, -0.1) is 0 Å². The van der Waals surface area contributed by atoms with Gasteiger partial charge in [0.2, 0.25) is 0 Å². The minimum atomic E-state index is -0.732. The van der Waals surface area contributed by atoms with Crippen LogP contribution in [0.5, 0.6) is 5.75 Å². The van der Waals surface area contributed by atoms with Gasteiger partial charge < -0.3 is 5.11 Å². The van der Waals surface area contributed by atoms with Crippen LogP contribution in [-0.2, 0) is 4.79 Å². The van der Waals surface area contributed by atoms with Crippen molar-refractivity contribution < 1.29 is 19.6 Å². The van der Waals surface area contributed by atoms with Crippen molar-refractivity contribution in [2.75, 3.05) is 0 Å². The van der Waals surface area contributed by atoms with Gasteiger partial charge in [0.05, 0.1) is 9.83 Å². The first-order valence-corrected chi connectivity index (χ1v) is 9.18. The van der Waals surface area contributed by atoms with Gasteiger partial charge in [-0.3, -0.25) is 25.1 Å². The van der Waals surface area contributed by atoms with Gasteiger partial charge in [0.1, 0.15) is 0 Å². The Kier molecular flexibility index (Phi) is 5.63. The molecule has 2 amide bonds. The fourth-order valence-electron chi connectivity index (χ4n) is 2.26. The molecule has 28 heavy (non-hydrogen) atoms. The number of carbonyl (C=O) groups is 2. The molecule has 1 saturated heterocycles. The van der Waals surface area contributed by atoms with Crippen LogP contribution < -0.4 is 5.43 Å². The molecule has 0 aliphatic carbocycles. The Labute approximate surface area is 172 Å². The molecular formula is C17H10ClN3O5S2. The highest BCUT2D eigenvalue weighted by Crippen LogP contribution is 2.33. The van der Waals surface area contributed by atoms with E-state index in [1.54, 1.807) is 12.1 Å². The van der Waals surface area contributed by atoms with Crippen LogP contribution in [0.2, 0.25) is 5.02 Å². The number of nitrogens with one attached hydrogen (secondary N) is 1. The van der Waals surface area contributed by atoms with E-state index in [-0.39, 0.29) is 14.8 Å². The molecule has 1 fully saturated rings. The summed E-state index contributed by atoms with van der Waals surface area (Å²) in [5, 5.41) is 21.8. The number of amides is 2. The van der Waals surface area contributed by atoms with Crippen molar-refractivity contribution in [2.24, 2.45) is 0 Å². The first kappa shape index (κ1) is 19.8. The molecule has 142 valence electrons. The maximum absolute atomic E-state index is 12.6. The molecule has 0 radical (unpaired) electrons. The lowest BCUT2D eigenvalue weighted by molar-refractivity contribution is -0.385. The van der Waals surface area contributed by atoms with Gasteiger partial charge in [-0.05, 0) is 54.2 Å². The maximum atomic E-state index is 12.6. The molecule has 2 N–H and O–H groups in total. The number of nitro groups is 1. The van der Waals surface area contributed by atoms with Crippen LogP contribution in [-0.4, -0.2) is 31.2 Å². The second kappa shape index (κ2) is 7.97. The second-order valence-corrected chi connectivity index (χ2v) is 7.58. The van der Waals surface area contributed by atoms with Crippen molar-refractivity contribution >= 4 is 63.5 Å². The summed E-state index contributed by atoms with van der Waals surface area (Å²) in [7, 11) is 0. The predicted octanol–water partition coefficient (Wildman–Crippen LogP) is 3.50. The van der Waals surface area contributed by atoms with Gasteiger partial charge >= 0.3 is 5.69 Å². The molecule has 1 aliphatic rings. The van der Waals surface area contributed by atoms with Crippen LogP contribution in [0.15, 0.2) is 47.4 Å². The number of benzene rings is 2. The monoisotopic (exact) mass is 435 g/mol. The molecule has 2 aromatic rings. The van der Waals surface area contributed by atoms with Crippen LogP contribution in [0, 0.1) is 10.1 Å². The zero-order chi connectivity index (χ0) is 20.4. The van der Waals surface area contributed by atoms with E-state index in [2.05, 4.69) is 5.43 Å². The standard InChI is InChI=1S/C17H10ClN3O5S2/c18-11-4-2-10(3-5-11)15(23)19-20-16(24)14(28-17(20)27)8-9-1-6-13(22)12(7-9)21(25)26/h1-8,22H,(H,19,23)/b14-8+. The van der Waals surface area contributed by atoms with Crippen LogP contribution >= 0.6 is 35.6 Å². The number of halogens is 1. The molecule has 2 aromatic carbocycles. The molecule has 0 atom stereocenters. The lowest BCUT2D eigenvalue weighted by Gasteiger charge is -2.15. The smallest absolute Gasteiger partial charge is 0.311 e. The zero-order valence-corrected chi connectivity index (χ0v) is 16.2. The lowest BCUT2D eigenvalue weighted by atomic mass is 10.1. The summed E-state index contributed by atoms with van der Waals surface area (Å²) in [6.45, 7) is 0. The van der Waals surface area contributed by atoms with Crippen LogP contribution in [0.4, 0.5) is 5.69 Å². The number of nitro benzene ring substituents is 1. The van der Waals surface area contributed by atoms with Crippen LogP contribution in [0.1, 0.15) is 15.9 Å². The summed E-state index contributed by atoms with van der Waals surface area (Å²) >= 11 is 11.9. The fraction of sp³-hybridized carbons (Fsp3) is 0. The molecule has 0 bridgehead atoms. The minimum Gasteiger partial charge on any atom is -0.502 e. The van der Waals surface area contributed by atoms with Gasteiger partial charge in [0, 0.05) is 16.7 Å². The van der Waals surface area contributed by atoms with E-state index < -0.39 is 28.2 Å². The van der Waals surface area contributed by atoms with Crippen molar-refractivity contribution in [3.05, 3.63) is 73.6 Å². The predicted molar refractivity (Wildman–Crippen MR) is 109 cm³/mol. The largest absolute Gasteiger partial charge is 0.502 e. The number of nitrogens with zero attached hydrogens (tertiary/aromatic N) is 2. The Morgan fingerprint density at radius 2 is 1.96 bits per heavy atom. The number of carbonyl (C=O) groups excluding carboxylic acids is 2. The van der Waals surface area contributed by atoms with Crippen molar-refractivity contribution in [1.29, 1.82) is 0 Å². The zero-order valence-electron chi connectivity index (χ0n) is 13.8. The number of phenols is 1. The van der Waals surface area contributed by atoms with E-state index in [1.807, 2.05) is 0 Å². The Balaban J connectivity index is 1.80. The summed E-state index contributed by atoms with van der Waals surface area (Å²) in [5.74, 6) is -1.60. The number of hydrogen-bond donors (Lipinski definition) is 2. The number of rotatable bonds is 4. The van der Waals surface area contributed by atoms with Crippen LogP contribution in [0.25, 0.3) is 6.08 Å². The fourth-order valence-corrected chi connectivity index (χ4v) is 3.56. The number of hydrazine groups is 1. The van der Waals surface area contributed by atoms with E-state index in [4.69, 9.17) is 23.8 Å². The summed E-state index contributed by atoms with van der Waals surface area (Å²) in [5.41, 5.74) is 2.55. The lowest BCUT2D eigenvalue weighted by Crippen LogP contribution is -2.44. The minimum absolute atomic E-state index is 0.104. The van der Waals surface area contributed by atoms with Crippen molar-refractivity contribution in [2.45, 2.75) is 0 Å². The molecule has 0 saturated carbocycles. The highest BCUT2D eigenvalue weighted by molar-refractivity contribution is 8.26. The third-order valence-corrected chi connectivity index (χ3v) is 5.16. The molecule has 1 heterocycles. The van der Waals surface area contributed by atoms with E-state index >= 15 is 0 Å². The average molecular weight is 436 g/mol. The average Bonchev–Trinajstić information content (AvgIpc) is 2.91. The first-order valence-electron chi connectivity index (χ1n) is 7.58. The molecule has 1 aliphatic heterocycles. The van der Waals surface area contributed by atoms with E-state index in [0.29, 0.717) is 10.6 Å². The molecule has 0 aromatic heterocycles. The van der Waals surface area contributed by atoms with Gasteiger partial charge in [0.25, 0.3) is 11.8 Å². The molecule has 8 nitrogen and oxygen atoms in total. The number of aromatic hydroxyl groups is 1. The normalized spacial score (nSPS) is 15.2. The summed E-state index contributed by atoms with van der Waals surface area (Å²) in [6.07, 6.45) is 1.39. The third kappa shape index (κ3) is 4.14. The Bertz CT molecular complexity index is 1040. The van der Waals surface area contributed by atoms with Gasteiger partial charge in [0.15, 0.2) is 10.1 Å². The van der Waals surface area contributed by atoms with Gasteiger partial charge in [-0.2, -0.15) is 5.01 Å². The first-order chi connectivity index (χ1) is 13.3. The molecule has 11 heteroatoms. The molecular weight excluding hydrogens is 426 g/mol. The number of hydrogen-bond acceptors (Lipinski definition) is 7. The Morgan fingerprint density at radius 1 is 1.29 bits per heavy atom. The Hall–Kier alpha value is -2.95. The Morgan fingerprint density at radius 3 is 2.61 bits per heavy atom. The topological polar surface area (TPSA) is 113 Å². The number of phenolic OH excluding ortho intramolecular Hbond substituents is 1. The molecule has 0 unspecified atom stereocenters. The maximum Gasteiger partial charge on any atom is 0.311 e. The summed E-state index contributed by atoms with van der Waals surface area (Å²) in [6, 6.07) is 9.79. The highest BCUT2D eigenvalue weighted by atomic mass is 35.5. The SMILES string of the molecule is O=C(NN1C(=O)/C(=C\c2ccc(O)c([N+](=O)[O-])c2)SC1=S)c1ccc(Cl)cc1. The van der Waals surface area contributed by atoms with E-state index in [0.717, 1.165) is 28.9 Å². The van der Waals surface area contributed by atoms with E-state index in [1.165, 1.54) is 24.3 Å². The summed E-state index contributed by atoms with van der Waals surface area (Å²) in [4.78, 5) is 35.2. The molecule has 3 rings (SSSR count). The summed E-state index contributed by atoms with van der Waals surface area (Å²) < 4.78 is 0.104. The third-order valence-electron chi connectivity index (χ3n) is 3.61. The van der Waals surface area contributed by atoms with Crippen molar-refractivity contribution in [1.82, 2.24) is 10.4 Å². The van der Waals surface area contributed by atoms with Gasteiger partial charge in [-0.25, -0.2) is 0 Å². The molecule has 0 spiro atoms. The van der Waals surface area contributed by atoms with E-state index in [9.17, 15) is 24.8 Å². The van der Waals surface area contributed by atoms with Crippen molar-refractivity contribution in [3.8, 4) is 5.75 Å².